The molecule has 1 aliphatic heterocycles. The standard InChI is InChI=1S/C22H25N5O3/c1-2-17(15-9-4-3-5-10-15)23-20-21(26-30-25-20)24-18-12-8-11-16(19(18)28)22(29)27-13-6-7-14-27/h3-5,8-12,17,28H,2,6-7,13-14H2,1H3,(H,23,25)(H,24,26)/t17-/m1/s1. The average molecular weight is 407 g/mol. The van der Waals surface area contributed by atoms with Crippen LogP contribution in [0.1, 0.15) is 48.1 Å². The van der Waals surface area contributed by atoms with Crippen molar-refractivity contribution in [2.45, 2.75) is 32.2 Å². The number of phenols is 1. The van der Waals surface area contributed by atoms with Crippen molar-refractivity contribution < 1.29 is 14.5 Å². The molecule has 2 heterocycles. The molecular formula is C22H25N5O3. The molecule has 30 heavy (non-hydrogen) atoms. The lowest BCUT2D eigenvalue weighted by Gasteiger charge is -2.18. The summed E-state index contributed by atoms with van der Waals surface area (Å²) in [6.07, 6.45) is 2.82. The molecule has 0 saturated carbocycles. The van der Waals surface area contributed by atoms with Crippen LogP contribution in [0.3, 0.4) is 0 Å². The molecule has 3 aromatic rings. The van der Waals surface area contributed by atoms with E-state index in [-0.39, 0.29) is 23.3 Å². The molecule has 1 aliphatic rings. The van der Waals surface area contributed by atoms with Gasteiger partial charge < -0.3 is 20.6 Å². The number of carbonyl (C=O) groups is 1. The van der Waals surface area contributed by atoms with Gasteiger partial charge in [0.25, 0.3) is 5.91 Å². The number of hydrogen-bond donors (Lipinski definition) is 3. The Hall–Kier alpha value is -3.55. The molecule has 2 aromatic carbocycles. The van der Waals surface area contributed by atoms with E-state index in [4.69, 9.17) is 4.63 Å². The number of nitrogens with one attached hydrogen (secondary N) is 2. The number of aromatic hydroxyl groups is 1. The van der Waals surface area contributed by atoms with Gasteiger partial charge in [0.2, 0.25) is 11.6 Å². The number of aromatic nitrogens is 2. The van der Waals surface area contributed by atoms with Gasteiger partial charge in [-0.05, 0) is 47.3 Å². The third-order valence-electron chi connectivity index (χ3n) is 5.32. The first kappa shape index (κ1) is 19.8. The van der Waals surface area contributed by atoms with Gasteiger partial charge in [-0.2, -0.15) is 0 Å². The lowest BCUT2D eigenvalue weighted by atomic mass is 10.0. The van der Waals surface area contributed by atoms with Crippen molar-refractivity contribution in [3.63, 3.8) is 0 Å². The van der Waals surface area contributed by atoms with Gasteiger partial charge in [-0.15, -0.1) is 0 Å². The third kappa shape index (κ3) is 4.07. The Labute approximate surface area is 174 Å². The summed E-state index contributed by atoms with van der Waals surface area (Å²) in [4.78, 5) is 14.5. The predicted octanol–water partition coefficient (Wildman–Crippen LogP) is 4.32. The lowest BCUT2D eigenvalue weighted by Crippen LogP contribution is -2.27. The zero-order chi connectivity index (χ0) is 20.9. The molecule has 3 N–H and O–H groups in total. The fraction of sp³-hybridized carbons (Fsp3) is 0.318. The van der Waals surface area contributed by atoms with Crippen LogP contribution in [0.2, 0.25) is 0 Å². The maximum atomic E-state index is 12.7. The Morgan fingerprint density at radius 3 is 2.57 bits per heavy atom. The second-order valence-corrected chi connectivity index (χ2v) is 7.30. The number of hydrogen-bond acceptors (Lipinski definition) is 7. The number of anilines is 3. The first-order valence-electron chi connectivity index (χ1n) is 10.2. The Morgan fingerprint density at radius 1 is 1.10 bits per heavy atom. The van der Waals surface area contributed by atoms with Crippen LogP contribution in [-0.4, -0.2) is 39.3 Å². The van der Waals surface area contributed by atoms with Crippen molar-refractivity contribution in [3.8, 4) is 5.75 Å². The minimum absolute atomic E-state index is 0.0234. The minimum Gasteiger partial charge on any atom is -0.505 e. The molecule has 1 atom stereocenters. The van der Waals surface area contributed by atoms with Crippen molar-refractivity contribution >= 4 is 23.2 Å². The molecule has 1 saturated heterocycles. The number of amides is 1. The fourth-order valence-electron chi connectivity index (χ4n) is 3.67. The van der Waals surface area contributed by atoms with Gasteiger partial charge in [-0.3, -0.25) is 4.79 Å². The number of para-hydroxylation sites is 1. The molecule has 8 heteroatoms. The summed E-state index contributed by atoms with van der Waals surface area (Å²) in [7, 11) is 0. The van der Waals surface area contributed by atoms with E-state index in [1.165, 1.54) is 0 Å². The molecule has 1 fully saturated rings. The van der Waals surface area contributed by atoms with E-state index in [1.807, 2.05) is 30.3 Å². The molecule has 0 aliphatic carbocycles. The molecule has 0 radical (unpaired) electrons. The molecule has 0 spiro atoms. The van der Waals surface area contributed by atoms with Gasteiger partial charge in [0.15, 0.2) is 5.75 Å². The van der Waals surface area contributed by atoms with E-state index >= 15 is 0 Å². The van der Waals surface area contributed by atoms with Gasteiger partial charge in [-0.25, -0.2) is 4.63 Å². The number of phenolic OH excluding ortho intramolecular Hbond substituents is 1. The molecule has 1 aromatic heterocycles. The van der Waals surface area contributed by atoms with Crippen LogP contribution in [0.25, 0.3) is 0 Å². The SMILES string of the molecule is CC[C@@H](Nc1nonc1Nc1cccc(C(=O)N2CCCC2)c1O)c1ccccc1. The number of carbonyl (C=O) groups excluding carboxylic acids is 1. The number of benzene rings is 2. The van der Waals surface area contributed by atoms with E-state index in [9.17, 15) is 9.90 Å². The largest absolute Gasteiger partial charge is 0.505 e. The van der Waals surface area contributed by atoms with E-state index in [0.717, 1.165) is 37.9 Å². The van der Waals surface area contributed by atoms with Crippen LogP contribution < -0.4 is 10.6 Å². The summed E-state index contributed by atoms with van der Waals surface area (Å²) in [6.45, 7) is 3.51. The summed E-state index contributed by atoms with van der Waals surface area (Å²) in [6, 6.07) is 15.1. The van der Waals surface area contributed by atoms with E-state index in [2.05, 4.69) is 27.9 Å². The molecule has 4 rings (SSSR count). The zero-order valence-corrected chi connectivity index (χ0v) is 16.8. The summed E-state index contributed by atoms with van der Waals surface area (Å²) in [5.41, 5.74) is 1.75. The van der Waals surface area contributed by atoms with Gasteiger partial charge in [0, 0.05) is 13.1 Å². The number of likely N-dealkylation sites (tertiary alicyclic amines) is 1. The second-order valence-electron chi connectivity index (χ2n) is 7.30. The zero-order valence-electron chi connectivity index (χ0n) is 16.8. The normalized spacial score (nSPS) is 14.5. The monoisotopic (exact) mass is 407 g/mol. The topological polar surface area (TPSA) is 104 Å². The molecule has 156 valence electrons. The van der Waals surface area contributed by atoms with Crippen molar-refractivity contribution in [1.82, 2.24) is 15.2 Å². The van der Waals surface area contributed by atoms with Gasteiger partial charge in [0.05, 0.1) is 17.3 Å². The Balaban J connectivity index is 1.54. The van der Waals surface area contributed by atoms with E-state index < -0.39 is 0 Å². The van der Waals surface area contributed by atoms with Crippen molar-refractivity contribution in [2.24, 2.45) is 0 Å². The molecule has 1 amide bonds. The van der Waals surface area contributed by atoms with E-state index in [0.29, 0.717) is 17.3 Å². The molecular weight excluding hydrogens is 382 g/mol. The van der Waals surface area contributed by atoms with Crippen LogP contribution >= 0.6 is 0 Å². The second kappa shape index (κ2) is 8.86. The Bertz CT molecular complexity index is 999. The van der Waals surface area contributed by atoms with Crippen molar-refractivity contribution in [2.75, 3.05) is 23.7 Å². The maximum Gasteiger partial charge on any atom is 0.257 e. The summed E-state index contributed by atoms with van der Waals surface area (Å²) in [5, 5.41) is 25.0. The van der Waals surface area contributed by atoms with Crippen LogP contribution in [0, 0.1) is 0 Å². The summed E-state index contributed by atoms with van der Waals surface area (Å²) < 4.78 is 4.92. The average Bonchev–Trinajstić information content (AvgIpc) is 3.46. The molecule has 0 bridgehead atoms. The lowest BCUT2D eigenvalue weighted by molar-refractivity contribution is 0.0790. The minimum atomic E-state index is -0.166. The van der Waals surface area contributed by atoms with Crippen LogP contribution in [-0.2, 0) is 0 Å². The Kier molecular flexibility index (Phi) is 5.83. The first-order chi connectivity index (χ1) is 14.7. The van der Waals surface area contributed by atoms with Crippen molar-refractivity contribution in [1.29, 1.82) is 0 Å². The predicted molar refractivity (Wildman–Crippen MR) is 114 cm³/mol. The Morgan fingerprint density at radius 2 is 1.83 bits per heavy atom. The maximum absolute atomic E-state index is 12.7. The molecule has 8 nitrogen and oxygen atoms in total. The van der Waals surface area contributed by atoms with Gasteiger partial charge >= 0.3 is 0 Å². The highest BCUT2D eigenvalue weighted by Crippen LogP contribution is 2.34. The fourth-order valence-corrected chi connectivity index (χ4v) is 3.67. The highest BCUT2D eigenvalue weighted by molar-refractivity contribution is 5.99. The third-order valence-corrected chi connectivity index (χ3v) is 5.32. The summed E-state index contributed by atoms with van der Waals surface area (Å²) in [5.74, 6) is 0.491. The van der Waals surface area contributed by atoms with Gasteiger partial charge in [-0.1, -0.05) is 43.3 Å². The van der Waals surface area contributed by atoms with Gasteiger partial charge in [0.1, 0.15) is 0 Å². The quantitative estimate of drug-likeness (QED) is 0.501. The molecule has 0 unspecified atom stereocenters. The van der Waals surface area contributed by atoms with Crippen molar-refractivity contribution in [3.05, 3.63) is 59.7 Å². The smallest absolute Gasteiger partial charge is 0.257 e. The highest BCUT2D eigenvalue weighted by atomic mass is 16.6. The van der Waals surface area contributed by atoms with E-state index in [1.54, 1.807) is 23.1 Å². The highest BCUT2D eigenvalue weighted by Gasteiger charge is 2.24. The van der Waals surface area contributed by atoms with Crippen LogP contribution in [0.5, 0.6) is 5.75 Å². The number of rotatable bonds is 7. The van der Waals surface area contributed by atoms with Crippen LogP contribution in [0.15, 0.2) is 53.2 Å². The van der Waals surface area contributed by atoms with Crippen LogP contribution in [0.4, 0.5) is 17.3 Å². The summed E-state index contributed by atoms with van der Waals surface area (Å²) >= 11 is 0. The first-order valence-corrected chi connectivity index (χ1v) is 10.2. The number of nitrogens with zero attached hydrogens (tertiary/aromatic N) is 3.